The minimum absolute atomic E-state index is 0.736. The molecular weight excluding hydrogens is 790 g/mol. The fourth-order valence-electron chi connectivity index (χ4n) is 3.42. The molecule has 0 radical (unpaired) electrons. The number of ether oxygens (including phenoxy) is 7. The van der Waals surface area contributed by atoms with E-state index in [0.717, 1.165) is 50.3 Å². The Bertz CT molecular complexity index is 1200. The maximum Gasteiger partial charge on any atom is 0.464 e. The molecule has 1 rings (SSSR count). The van der Waals surface area contributed by atoms with Gasteiger partial charge in [-0.25, -0.2) is 4.74 Å². The SMILES string of the molecule is CC(=O)OCC1O[C@@H](OCC(I)CC(F)(F)C(F)(F)OC(F)(F)C(F)(F)S(=O)(=O)F)C(OC(C)=O)[C@@H](OC(C)=O)[C@H]1OC(C)=O. The number of carbonyl (C=O) groups excluding carboxylic acids is 4. The monoisotopic (exact) mass is 814 g/mol. The van der Waals surface area contributed by atoms with E-state index in [1.54, 1.807) is 0 Å². The van der Waals surface area contributed by atoms with Crippen LogP contribution in [0, 0.1) is 0 Å². The molecule has 13 nitrogen and oxygen atoms in total. The molecule has 3 unspecified atom stereocenters. The van der Waals surface area contributed by atoms with Crippen LogP contribution in [0.3, 0.4) is 0 Å². The van der Waals surface area contributed by atoms with Gasteiger partial charge in [0.05, 0.1) is 6.61 Å². The van der Waals surface area contributed by atoms with Gasteiger partial charge in [-0.2, -0.15) is 43.5 Å². The first-order valence-corrected chi connectivity index (χ1v) is 14.5. The number of halogens is 10. The van der Waals surface area contributed by atoms with Gasteiger partial charge in [-0.1, -0.05) is 26.5 Å². The molecule has 1 aliphatic rings. The zero-order valence-corrected chi connectivity index (χ0v) is 26.1. The lowest BCUT2D eigenvalue weighted by Crippen LogP contribution is -2.63. The van der Waals surface area contributed by atoms with Gasteiger partial charge >= 0.3 is 57.5 Å². The Balaban J connectivity index is 3.27. The highest BCUT2D eigenvalue weighted by Crippen LogP contribution is 2.49. The standard InChI is InChI=1S/C21H24F9IO13S/c1-8(32)38-7-13-14(40-9(2)33)15(41-10(3)34)16(42-11(4)35)17(43-13)39-6-12(31)5-18(22,23)19(24,25)44-20(26,27)21(28,29)45(30,36)37/h12-17H,5-7H2,1-4H3/t12?,13?,14-,15-,16?,17+/m0/s1. The number of alkyl halides is 9. The van der Waals surface area contributed by atoms with Crippen LogP contribution < -0.4 is 0 Å². The summed E-state index contributed by atoms with van der Waals surface area (Å²) in [6.07, 6.45) is -24.6. The lowest BCUT2D eigenvalue weighted by molar-refractivity contribution is -0.456. The van der Waals surface area contributed by atoms with E-state index in [-0.39, 0.29) is 0 Å². The van der Waals surface area contributed by atoms with Crippen LogP contribution in [0.1, 0.15) is 34.1 Å². The number of esters is 4. The average Bonchev–Trinajstić information content (AvgIpc) is 2.81. The highest BCUT2D eigenvalue weighted by Gasteiger charge is 2.74. The van der Waals surface area contributed by atoms with Crippen molar-refractivity contribution in [1.82, 2.24) is 0 Å². The number of carbonyl (C=O) groups is 4. The highest BCUT2D eigenvalue weighted by molar-refractivity contribution is 14.1. The van der Waals surface area contributed by atoms with Crippen molar-refractivity contribution in [2.45, 2.75) is 92.1 Å². The maximum absolute atomic E-state index is 14.3. The summed E-state index contributed by atoms with van der Waals surface area (Å²) in [6, 6.07) is 0. The van der Waals surface area contributed by atoms with Crippen LogP contribution >= 0.6 is 22.6 Å². The van der Waals surface area contributed by atoms with Gasteiger partial charge in [-0.3, -0.25) is 19.2 Å². The second-order valence-corrected chi connectivity index (χ2v) is 12.1. The summed E-state index contributed by atoms with van der Waals surface area (Å²) in [6.45, 7) is 1.70. The molecule has 0 spiro atoms. The molecule has 1 saturated heterocycles. The topological polar surface area (TPSA) is 167 Å². The molecule has 6 atom stereocenters. The smallest absolute Gasteiger partial charge is 0.463 e. The van der Waals surface area contributed by atoms with E-state index < -0.39 is 112 Å². The molecule has 1 fully saturated rings. The van der Waals surface area contributed by atoms with E-state index >= 15 is 0 Å². The lowest BCUT2D eigenvalue weighted by atomic mass is 9.98. The molecule has 45 heavy (non-hydrogen) atoms. The zero-order valence-electron chi connectivity index (χ0n) is 23.1. The molecule has 0 saturated carbocycles. The zero-order chi connectivity index (χ0) is 35.3. The predicted octanol–water partition coefficient (Wildman–Crippen LogP) is 3.01. The molecule has 0 aliphatic carbocycles. The van der Waals surface area contributed by atoms with Gasteiger partial charge in [0.15, 0.2) is 24.6 Å². The van der Waals surface area contributed by atoms with E-state index in [1.165, 1.54) is 0 Å². The second-order valence-electron chi connectivity index (χ2n) is 9.00. The molecule has 0 bridgehead atoms. The summed E-state index contributed by atoms with van der Waals surface area (Å²) in [5.41, 5.74) is 0. The summed E-state index contributed by atoms with van der Waals surface area (Å²) in [5, 5.41) is -6.98. The summed E-state index contributed by atoms with van der Waals surface area (Å²) >= 11 is 1.00. The Kier molecular flexibility index (Phi) is 13.7. The van der Waals surface area contributed by atoms with E-state index in [0.29, 0.717) is 0 Å². The molecule has 0 aromatic rings. The van der Waals surface area contributed by atoms with Crippen LogP contribution in [0.5, 0.6) is 0 Å². The third-order valence-corrected chi connectivity index (χ3v) is 6.84. The second kappa shape index (κ2) is 15.1. The molecule has 0 aromatic carbocycles. The first-order valence-electron chi connectivity index (χ1n) is 11.9. The summed E-state index contributed by atoms with van der Waals surface area (Å²) in [5.74, 6) is -9.83. The van der Waals surface area contributed by atoms with Crippen molar-refractivity contribution in [1.29, 1.82) is 0 Å². The van der Waals surface area contributed by atoms with Crippen LogP contribution in [0.25, 0.3) is 0 Å². The van der Waals surface area contributed by atoms with Gasteiger partial charge in [0.1, 0.15) is 12.7 Å². The number of rotatable bonds is 15. The Morgan fingerprint density at radius 3 is 1.69 bits per heavy atom. The summed E-state index contributed by atoms with van der Waals surface area (Å²) in [7, 11) is -7.62. The quantitative estimate of drug-likeness (QED) is 0.0592. The minimum atomic E-state index is -7.62. The number of hydrogen-bond acceptors (Lipinski definition) is 13. The van der Waals surface area contributed by atoms with Gasteiger partial charge in [0, 0.05) is 38.0 Å². The molecule has 0 N–H and O–H groups in total. The third kappa shape index (κ3) is 10.9. The molecular formula is C21H24F9IO13S. The molecule has 24 heteroatoms. The van der Waals surface area contributed by atoms with Crippen LogP contribution in [-0.2, 0) is 62.6 Å². The van der Waals surface area contributed by atoms with Gasteiger partial charge in [-0.05, 0) is 0 Å². The van der Waals surface area contributed by atoms with Gasteiger partial charge in [0.25, 0.3) is 0 Å². The first-order chi connectivity index (χ1) is 20.1. The number of hydrogen-bond donors (Lipinski definition) is 0. The Morgan fingerprint density at radius 2 is 1.24 bits per heavy atom. The third-order valence-electron chi connectivity index (χ3n) is 5.19. The largest absolute Gasteiger partial charge is 0.464 e. The highest BCUT2D eigenvalue weighted by atomic mass is 127. The van der Waals surface area contributed by atoms with Crippen molar-refractivity contribution in [2.75, 3.05) is 13.2 Å². The van der Waals surface area contributed by atoms with Crippen molar-refractivity contribution in [3.63, 3.8) is 0 Å². The predicted molar refractivity (Wildman–Crippen MR) is 131 cm³/mol. The molecule has 262 valence electrons. The summed E-state index contributed by atoms with van der Waals surface area (Å²) in [4.78, 5) is 46.6. The van der Waals surface area contributed by atoms with E-state index in [2.05, 4.69) is 4.74 Å². The lowest BCUT2D eigenvalue weighted by Gasteiger charge is -2.44. The molecule has 1 aliphatic heterocycles. The normalized spacial score (nSPS) is 23.9. The van der Waals surface area contributed by atoms with E-state index in [9.17, 15) is 66.6 Å². The van der Waals surface area contributed by atoms with E-state index in [4.69, 9.17) is 28.4 Å². The van der Waals surface area contributed by atoms with Crippen molar-refractivity contribution < 1.29 is 99.8 Å². The summed E-state index contributed by atoms with van der Waals surface area (Å²) < 4.78 is 173. The Labute approximate surface area is 261 Å². The Morgan fingerprint density at radius 1 is 0.778 bits per heavy atom. The first kappa shape index (κ1) is 40.8. The molecule has 0 amide bonds. The van der Waals surface area contributed by atoms with Crippen LogP contribution in [-0.4, -0.2) is 104 Å². The fourth-order valence-corrected chi connectivity index (χ4v) is 4.50. The fraction of sp³-hybridized carbons (Fsp3) is 0.810. The van der Waals surface area contributed by atoms with Crippen molar-refractivity contribution in [3.05, 3.63) is 0 Å². The van der Waals surface area contributed by atoms with Gasteiger partial charge in [-0.15, -0.1) is 0 Å². The molecule has 1 heterocycles. The maximum atomic E-state index is 14.3. The van der Waals surface area contributed by atoms with E-state index in [1.807, 2.05) is 0 Å². The average molecular weight is 814 g/mol. The van der Waals surface area contributed by atoms with Gasteiger partial charge in [0.2, 0.25) is 0 Å². The van der Waals surface area contributed by atoms with Crippen LogP contribution in [0.4, 0.5) is 39.0 Å². The van der Waals surface area contributed by atoms with Gasteiger partial charge < -0.3 is 28.4 Å². The minimum Gasteiger partial charge on any atom is -0.463 e. The Hall–Kier alpha value is -2.19. The van der Waals surface area contributed by atoms with Crippen LogP contribution in [0.2, 0.25) is 0 Å². The van der Waals surface area contributed by atoms with Crippen LogP contribution in [0.15, 0.2) is 0 Å². The molecule has 0 aromatic heterocycles. The van der Waals surface area contributed by atoms with Crippen molar-refractivity contribution in [2.24, 2.45) is 0 Å². The van der Waals surface area contributed by atoms with Crippen molar-refractivity contribution >= 4 is 56.7 Å². The van der Waals surface area contributed by atoms with Crippen molar-refractivity contribution in [3.8, 4) is 0 Å².